The van der Waals surface area contributed by atoms with Gasteiger partial charge < -0.3 is 0 Å². The molecule has 1 nitrogen and oxygen atoms in total. The zero-order valence-corrected chi connectivity index (χ0v) is 5.39. The molecule has 48 valence electrons. The third kappa shape index (κ3) is 2.32. The zero-order valence-electron chi connectivity index (χ0n) is 5.39. The number of rotatable bonds is 3. The smallest absolute Gasteiger partial charge is 0.205 e. The minimum Gasteiger partial charge on any atom is -0.285 e. The molecule has 0 aromatic carbocycles. The average Bonchev–Trinajstić information content (AvgIpc) is 2.65. The van der Waals surface area contributed by atoms with E-state index in [4.69, 9.17) is 6.42 Å². The number of carbonyl (C=O) groups is 1. The fourth-order valence-corrected chi connectivity index (χ4v) is 0.814. The van der Waals surface area contributed by atoms with E-state index in [-0.39, 0.29) is 5.78 Å². The van der Waals surface area contributed by atoms with Crippen molar-refractivity contribution < 1.29 is 4.79 Å². The summed E-state index contributed by atoms with van der Waals surface area (Å²) in [5.41, 5.74) is 0. The van der Waals surface area contributed by atoms with E-state index in [1.165, 1.54) is 12.8 Å². The van der Waals surface area contributed by atoms with Crippen molar-refractivity contribution in [1.82, 2.24) is 0 Å². The maximum Gasteiger partial charge on any atom is 0.205 e. The van der Waals surface area contributed by atoms with Gasteiger partial charge in [-0.05, 0) is 18.3 Å². The molecule has 1 rings (SSSR count). The van der Waals surface area contributed by atoms with E-state index in [9.17, 15) is 4.79 Å². The fourth-order valence-electron chi connectivity index (χ4n) is 0.814. The molecule has 0 atom stereocenters. The van der Waals surface area contributed by atoms with Crippen LogP contribution in [0.1, 0.15) is 25.7 Å². The van der Waals surface area contributed by atoms with Gasteiger partial charge in [0, 0.05) is 6.42 Å². The van der Waals surface area contributed by atoms with Crippen molar-refractivity contribution in [2.45, 2.75) is 25.7 Å². The molecule has 1 fully saturated rings. The summed E-state index contributed by atoms with van der Waals surface area (Å²) in [7, 11) is 0. The van der Waals surface area contributed by atoms with E-state index in [2.05, 4.69) is 5.92 Å². The second kappa shape index (κ2) is 2.68. The van der Waals surface area contributed by atoms with Crippen molar-refractivity contribution in [3.8, 4) is 12.3 Å². The molecule has 0 aromatic rings. The predicted molar refractivity (Wildman–Crippen MR) is 35.8 cm³/mol. The third-order valence-electron chi connectivity index (χ3n) is 1.64. The van der Waals surface area contributed by atoms with Gasteiger partial charge in [-0.1, -0.05) is 12.8 Å². The number of ketones is 1. The topological polar surface area (TPSA) is 17.1 Å². The summed E-state index contributed by atoms with van der Waals surface area (Å²) >= 11 is 0. The Balaban J connectivity index is 2.04. The Morgan fingerprint density at radius 2 is 2.33 bits per heavy atom. The lowest BCUT2D eigenvalue weighted by atomic mass is 10.2. The van der Waals surface area contributed by atoms with E-state index >= 15 is 0 Å². The molecule has 0 unspecified atom stereocenters. The molecule has 0 aromatic heterocycles. The van der Waals surface area contributed by atoms with E-state index in [0.29, 0.717) is 6.42 Å². The SMILES string of the molecule is C#CC(=O)CCC1CC1. The third-order valence-corrected chi connectivity index (χ3v) is 1.64. The summed E-state index contributed by atoms with van der Waals surface area (Å²) in [6, 6.07) is 0. The van der Waals surface area contributed by atoms with Gasteiger partial charge in [0.2, 0.25) is 5.78 Å². The molecule has 1 saturated carbocycles. The van der Waals surface area contributed by atoms with Gasteiger partial charge in [-0.2, -0.15) is 0 Å². The molecule has 1 heteroatoms. The van der Waals surface area contributed by atoms with E-state index in [1.807, 2.05) is 0 Å². The first kappa shape index (κ1) is 6.35. The zero-order chi connectivity index (χ0) is 6.69. The first-order chi connectivity index (χ1) is 4.33. The van der Waals surface area contributed by atoms with Crippen molar-refractivity contribution in [1.29, 1.82) is 0 Å². The minimum atomic E-state index is -0.0399. The van der Waals surface area contributed by atoms with Crippen LogP contribution in [-0.2, 0) is 4.79 Å². The van der Waals surface area contributed by atoms with Crippen LogP contribution in [0, 0.1) is 18.3 Å². The maximum absolute atomic E-state index is 10.5. The van der Waals surface area contributed by atoms with Gasteiger partial charge >= 0.3 is 0 Å². The highest BCUT2D eigenvalue weighted by atomic mass is 16.1. The molecule has 0 heterocycles. The van der Waals surface area contributed by atoms with Crippen LogP contribution >= 0.6 is 0 Å². The van der Waals surface area contributed by atoms with Crippen LogP contribution in [0.15, 0.2) is 0 Å². The van der Waals surface area contributed by atoms with Crippen LogP contribution < -0.4 is 0 Å². The van der Waals surface area contributed by atoms with Gasteiger partial charge in [0.15, 0.2) is 0 Å². The van der Waals surface area contributed by atoms with Crippen molar-refractivity contribution in [2.75, 3.05) is 0 Å². The highest BCUT2D eigenvalue weighted by molar-refractivity contribution is 5.94. The Hall–Kier alpha value is -0.770. The molecule has 0 radical (unpaired) electrons. The number of Topliss-reactive ketones (excluding diaryl/α,β-unsaturated/α-hetero) is 1. The van der Waals surface area contributed by atoms with Crippen LogP contribution in [0.2, 0.25) is 0 Å². The summed E-state index contributed by atoms with van der Waals surface area (Å²) in [5.74, 6) is 2.89. The summed E-state index contributed by atoms with van der Waals surface area (Å²) in [4.78, 5) is 10.5. The van der Waals surface area contributed by atoms with Gasteiger partial charge in [0.25, 0.3) is 0 Å². The predicted octanol–water partition coefficient (Wildman–Crippen LogP) is 1.38. The second-order valence-electron chi connectivity index (χ2n) is 2.55. The molecule has 0 saturated heterocycles. The minimum absolute atomic E-state index is 0.0399. The van der Waals surface area contributed by atoms with Gasteiger partial charge in [-0.15, -0.1) is 6.42 Å². The molecular formula is C8H10O. The summed E-state index contributed by atoms with van der Waals surface area (Å²) in [5, 5.41) is 0. The quantitative estimate of drug-likeness (QED) is 0.408. The van der Waals surface area contributed by atoms with Crippen molar-refractivity contribution in [2.24, 2.45) is 5.92 Å². The molecule has 9 heavy (non-hydrogen) atoms. The highest BCUT2D eigenvalue weighted by Gasteiger charge is 2.21. The van der Waals surface area contributed by atoms with E-state index < -0.39 is 0 Å². The van der Waals surface area contributed by atoms with Gasteiger partial charge in [0.05, 0.1) is 0 Å². The lowest BCUT2D eigenvalue weighted by Gasteiger charge is -1.88. The largest absolute Gasteiger partial charge is 0.285 e. The number of terminal acetylenes is 1. The molecular weight excluding hydrogens is 112 g/mol. The molecule has 0 bridgehead atoms. The Kier molecular flexibility index (Phi) is 1.89. The van der Waals surface area contributed by atoms with Gasteiger partial charge in [-0.25, -0.2) is 0 Å². The Bertz CT molecular complexity index is 148. The number of hydrogen-bond acceptors (Lipinski definition) is 1. The Morgan fingerprint density at radius 1 is 1.67 bits per heavy atom. The van der Waals surface area contributed by atoms with E-state index in [0.717, 1.165) is 12.3 Å². The number of carbonyl (C=O) groups excluding carboxylic acids is 1. The average molecular weight is 122 g/mol. The highest BCUT2D eigenvalue weighted by Crippen LogP contribution is 2.33. The molecule has 0 spiro atoms. The first-order valence-electron chi connectivity index (χ1n) is 3.32. The molecule has 0 amide bonds. The lowest BCUT2D eigenvalue weighted by Crippen LogP contribution is -1.92. The summed E-state index contributed by atoms with van der Waals surface area (Å²) in [6.45, 7) is 0. The van der Waals surface area contributed by atoms with Crippen LogP contribution in [0.5, 0.6) is 0 Å². The number of hydrogen-bond donors (Lipinski definition) is 0. The van der Waals surface area contributed by atoms with Crippen LogP contribution in [-0.4, -0.2) is 5.78 Å². The lowest BCUT2D eigenvalue weighted by molar-refractivity contribution is -0.113. The second-order valence-corrected chi connectivity index (χ2v) is 2.55. The molecule has 1 aliphatic carbocycles. The summed E-state index contributed by atoms with van der Waals surface area (Å²) < 4.78 is 0. The molecule has 0 N–H and O–H groups in total. The van der Waals surface area contributed by atoms with Crippen molar-refractivity contribution >= 4 is 5.78 Å². The van der Waals surface area contributed by atoms with Crippen molar-refractivity contribution in [3.05, 3.63) is 0 Å². The van der Waals surface area contributed by atoms with Crippen LogP contribution in [0.25, 0.3) is 0 Å². The maximum atomic E-state index is 10.5. The van der Waals surface area contributed by atoms with Crippen molar-refractivity contribution in [3.63, 3.8) is 0 Å². The monoisotopic (exact) mass is 122 g/mol. The summed E-state index contributed by atoms with van der Waals surface area (Å²) in [6.07, 6.45) is 9.10. The molecule has 0 aliphatic heterocycles. The Morgan fingerprint density at radius 3 is 2.78 bits per heavy atom. The normalized spacial score (nSPS) is 16.8. The van der Waals surface area contributed by atoms with Gasteiger partial charge in [-0.3, -0.25) is 4.79 Å². The molecule has 1 aliphatic rings. The first-order valence-corrected chi connectivity index (χ1v) is 3.32. The Labute approximate surface area is 55.4 Å². The standard InChI is InChI=1S/C8H10O/c1-2-8(9)6-5-7-3-4-7/h1,7H,3-6H2. The van der Waals surface area contributed by atoms with E-state index in [1.54, 1.807) is 0 Å². The van der Waals surface area contributed by atoms with Crippen LogP contribution in [0.4, 0.5) is 0 Å². The van der Waals surface area contributed by atoms with Crippen LogP contribution in [0.3, 0.4) is 0 Å². The fraction of sp³-hybridized carbons (Fsp3) is 0.625. The van der Waals surface area contributed by atoms with Gasteiger partial charge in [0.1, 0.15) is 0 Å².